The average molecular weight is 372 g/mol. The topological polar surface area (TPSA) is 67.4 Å². The van der Waals surface area contributed by atoms with Crippen LogP contribution in [-0.2, 0) is 28.8 Å². The first-order valence-corrected chi connectivity index (χ1v) is 9.86. The van der Waals surface area contributed by atoms with Crippen LogP contribution in [0.4, 0.5) is 5.00 Å². The summed E-state index contributed by atoms with van der Waals surface area (Å²) in [5, 5.41) is 6.68. The third kappa shape index (κ3) is 4.51. The van der Waals surface area contributed by atoms with E-state index >= 15 is 0 Å². The Morgan fingerprint density at radius 1 is 1.19 bits per heavy atom. The minimum absolute atomic E-state index is 0.136. The predicted molar refractivity (Wildman–Crippen MR) is 104 cm³/mol. The van der Waals surface area contributed by atoms with Crippen molar-refractivity contribution in [2.75, 3.05) is 25.0 Å². The summed E-state index contributed by atoms with van der Waals surface area (Å²) in [6, 6.07) is 10.1. The molecule has 0 aliphatic heterocycles. The molecule has 2 N–H and O–H groups in total. The van der Waals surface area contributed by atoms with Crippen molar-refractivity contribution in [2.24, 2.45) is 0 Å². The van der Waals surface area contributed by atoms with Crippen molar-refractivity contribution in [1.29, 1.82) is 0 Å². The van der Waals surface area contributed by atoms with Gasteiger partial charge in [0.1, 0.15) is 5.00 Å². The molecule has 0 fully saturated rings. The molecule has 1 amide bonds. The molecule has 0 saturated heterocycles. The molecule has 138 valence electrons. The summed E-state index contributed by atoms with van der Waals surface area (Å²) in [5.74, 6) is -0.470. The van der Waals surface area contributed by atoms with Gasteiger partial charge in [0.2, 0.25) is 5.91 Å². The summed E-state index contributed by atoms with van der Waals surface area (Å²) in [6.45, 7) is 3.07. The van der Waals surface area contributed by atoms with Crippen LogP contribution >= 0.6 is 11.3 Å². The van der Waals surface area contributed by atoms with E-state index in [1.165, 1.54) is 21.8 Å². The van der Waals surface area contributed by atoms with Crippen LogP contribution in [0, 0.1) is 0 Å². The smallest absolute Gasteiger partial charge is 0.341 e. The first-order valence-electron chi connectivity index (χ1n) is 9.05. The highest BCUT2D eigenvalue weighted by atomic mass is 32.1. The highest BCUT2D eigenvalue weighted by Crippen LogP contribution is 2.39. The molecule has 1 aliphatic rings. The highest BCUT2D eigenvalue weighted by molar-refractivity contribution is 7.17. The third-order valence-corrected chi connectivity index (χ3v) is 5.58. The predicted octanol–water partition coefficient (Wildman–Crippen LogP) is 3.18. The fourth-order valence-electron chi connectivity index (χ4n) is 3.16. The fraction of sp³-hybridized carbons (Fsp3) is 0.400. The molecule has 0 bridgehead atoms. The van der Waals surface area contributed by atoms with Crippen LogP contribution in [0.3, 0.4) is 0 Å². The lowest BCUT2D eigenvalue weighted by molar-refractivity contribution is -0.115. The van der Waals surface area contributed by atoms with Crippen molar-refractivity contribution in [3.05, 3.63) is 51.9 Å². The summed E-state index contributed by atoms with van der Waals surface area (Å²) in [4.78, 5) is 25.8. The van der Waals surface area contributed by atoms with E-state index in [2.05, 4.69) is 22.8 Å². The maximum atomic E-state index is 12.3. The monoisotopic (exact) mass is 372 g/mol. The minimum atomic E-state index is -0.334. The van der Waals surface area contributed by atoms with Gasteiger partial charge in [-0.15, -0.1) is 11.3 Å². The van der Waals surface area contributed by atoms with E-state index in [9.17, 15) is 9.59 Å². The molecule has 1 aliphatic carbocycles. The SMILES string of the molecule is CCOC(=O)c1c(NC(=O)CNCCc2ccccc2)sc2c1CCC2. The molecule has 3 rings (SSSR count). The normalized spacial score (nSPS) is 12.7. The van der Waals surface area contributed by atoms with Gasteiger partial charge in [0.15, 0.2) is 0 Å². The van der Waals surface area contributed by atoms with Crippen molar-refractivity contribution < 1.29 is 14.3 Å². The number of thiophene rings is 1. The molecule has 5 nitrogen and oxygen atoms in total. The molecule has 0 atom stereocenters. The summed E-state index contributed by atoms with van der Waals surface area (Å²) < 4.78 is 5.18. The number of hydrogen-bond donors (Lipinski definition) is 2. The lowest BCUT2D eigenvalue weighted by Gasteiger charge is -2.09. The Morgan fingerprint density at radius 2 is 2.00 bits per heavy atom. The van der Waals surface area contributed by atoms with Gasteiger partial charge in [-0.2, -0.15) is 0 Å². The summed E-state index contributed by atoms with van der Waals surface area (Å²) in [7, 11) is 0. The second-order valence-electron chi connectivity index (χ2n) is 6.24. The van der Waals surface area contributed by atoms with Crippen LogP contribution in [0.1, 0.15) is 39.7 Å². The lowest BCUT2D eigenvalue weighted by Crippen LogP contribution is -2.29. The second-order valence-corrected chi connectivity index (χ2v) is 7.35. The zero-order valence-electron chi connectivity index (χ0n) is 15.0. The van der Waals surface area contributed by atoms with Crippen molar-refractivity contribution in [3.63, 3.8) is 0 Å². The van der Waals surface area contributed by atoms with Gasteiger partial charge >= 0.3 is 5.97 Å². The number of benzene rings is 1. The number of aryl methyl sites for hydroxylation is 1. The number of carbonyl (C=O) groups excluding carboxylic acids is 2. The molecule has 0 saturated carbocycles. The van der Waals surface area contributed by atoms with Crippen LogP contribution in [0.2, 0.25) is 0 Å². The van der Waals surface area contributed by atoms with Crippen molar-refractivity contribution >= 4 is 28.2 Å². The summed E-state index contributed by atoms with van der Waals surface area (Å²) in [6.07, 6.45) is 3.78. The molecule has 0 spiro atoms. The van der Waals surface area contributed by atoms with Gasteiger partial charge in [-0.1, -0.05) is 30.3 Å². The fourth-order valence-corrected chi connectivity index (χ4v) is 4.46. The van der Waals surface area contributed by atoms with Crippen molar-refractivity contribution in [3.8, 4) is 0 Å². The van der Waals surface area contributed by atoms with E-state index in [1.807, 2.05) is 18.2 Å². The molecule has 0 radical (unpaired) electrons. The average Bonchev–Trinajstić information content (AvgIpc) is 3.20. The van der Waals surface area contributed by atoms with Crippen LogP contribution in [0.25, 0.3) is 0 Å². The Balaban J connectivity index is 1.55. The van der Waals surface area contributed by atoms with E-state index in [1.54, 1.807) is 6.92 Å². The number of nitrogens with one attached hydrogen (secondary N) is 2. The first-order chi connectivity index (χ1) is 12.7. The van der Waals surface area contributed by atoms with Crippen molar-refractivity contribution in [1.82, 2.24) is 5.32 Å². The maximum Gasteiger partial charge on any atom is 0.341 e. The van der Waals surface area contributed by atoms with E-state index in [0.717, 1.165) is 37.8 Å². The van der Waals surface area contributed by atoms with E-state index < -0.39 is 0 Å². The maximum absolute atomic E-state index is 12.3. The largest absolute Gasteiger partial charge is 0.462 e. The number of anilines is 1. The Labute approximate surface area is 157 Å². The van der Waals surface area contributed by atoms with Crippen LogP contribution < -0.4 is 10.6 Å². The Kier molecular flexibility index (Phi) is 6.41. The molecular formula is C20H24N2O3S. The van der Waals surface area contributed by atoms with Gasteiger partial charge in [0.05, 0.1) is 18.7 Å². The van der Waals surface area contributed by atoms with Gasteiger partial charge in [-0.05, 0) is 50.3 Å². The molecule has 26 heavy (non-hydrogen) atoms. The lowest BCUT2D eigenvalue weighted by atomic mass is 10.1. The molecule has 1 heterocycles. The highest BCUT2D eigenvalue weighted by Gasteiger charge is 2.28. The van der Waals surface area contributed by atoms with Crippen LogP contribution in [0.5, 0.6) is 0 Å². The zero-order chi connectivity index (χ0) is 18.4. The van der Waals surface area contributed by atoms with Gasteiger partial charge in [0.25, 0.3) is 0 Å². The second kappa shape index (κ2) is 8.96. The standard InChI is InChI=1S/C20H24N2O3S/c1-2-25-20(24)18-15-9-6-10-16(15)26-19(18)22-17(23)13-21-12-11-14-7-4-3-5-8-14/h3-5,7-8,21H,2,6,9-13H2,1H3,(H,22,23). The van der Waals surface area contributed by atoms with Crippen LogP contribution in [0.15, 0.2) is 30.3 Å². The minimum Gasteiger partial charge on any atom is -0.462 e. The number of hydrogen-bond acceptors (Lipinski definition) is 5. The number of carbonyl (C=O) groups is 2. The molecule has 1 aromatic carbocycles. The Morgan fingerprint density at radius 3 is 2.77 bits per heavy atom. The number of fused-ring (bicyclic) bond motifs is 1. The van der Waals surface area contributed by atoms with Crippen LogP contribution in [-0.4, -0.2) is 31.6 Å². The Bertz CT molecular complexity index is 771. The van der Waals surface area contributed by atoms with E-state index in [0.29, 0.717) is 17.2 Å². The first kappa shape index (κ1) is 18.6. The van der Waals surface area contributed by atoms with Crippen molar-refractivity contribution in [2.45, 2.75) is 32.6 Å². The molecule has 6 heteroatoms. The Hall–Kier alpha value is -2.18. The summed E-state index contributed by atoms with van der Waals surface area (Å²) in [5.41, 5.74) is 2.85. The van der Waals surface area contributed by atoms with Gasteiger partial charge < -0.3 is 15.4 Å². The number of amides is 1. The number of ether oxygens (including phenoxy) is 1. The quantitative estimate of drug-likeness (QED) is 0.552. The zero-order valence-corrected chi connectivity index (χ0v) is 15.8. The van der Waals surface area contributed by atoms with E-state index in [-0.39, 0.29) is 18.4 Å². The third-order valence-electron chi connectivity index (χ3n) is 4.37. The molecule has 0 unspecified atom stereocenters. The van der Waals surface area contributed by atoms with Gasteiger partial charge in [0, 0.05) is 4.88 Å². The number of rotatable bonds is 8. The molecule has 2 aromatic rings. The van der Waals surface area contributed by atoms with Gasteiger partial charge in [-0.3, -0.25) is 4.79 Å². The number of esters is 1. The molecule has 1 aromatic heterocycles. The van der Waals surface area contributed by atoms with Gasteiger partial charge in [-0.25, -0.2) is 4.79 Å². The summed E-state index contributed by atoms with van der Waals surface area (Å²) >= 11 is 1.51. The van der Waals surface area contributed by atoms with E-state index in [4.69, 9.17) is 4.74 Å². The molecular weight excluding hydrogens is 348 g/mol.